The van der Waals surface area contributed by atoms with E-state index >= 15 is 0 Å². The maximum absolute atomic E-state index is 10.7. The van der Waals surface area contributed by atoms with E-state index in [9.17, 15) is 19.7 Å². The van der Waals surface area contributed by atoms with Crippen LogP contribution in [0.2, 0.25) is 0 Å². The summed E-state index contributed by atoms with van der Waals surface area (Å²) in [6, 6.07) is -0.805. The molecule has 1 atom stereocenters. The summed E-state index contributed by atoms with van der Waals surface area (Å²) >= 11 is 0. The summed E-state index contributed by atoms with van der Waals surface area (Å²) in [5, 5.41) is 27.5. The molecule has 0 amide bonds. The second-order valence-electron chi connectivity index (χ2n) is 4.22. The average Bonchev–Trinajstić information content (AvgIpc) is 2.25. The third-order valence-corrected chi connectivity index (χ3v) is 2.67. The van der Waals surface area contributed by atoms with Gasteiger partial charge in [0.1, 0.15) is 0 Å². The Balaban J connectivity index is 3.67. The van der Waals surface area contributed by atoms with E-state index in [4.69, 9.17) is 10.2 Å². The largest absolute Gasteiger partial charge is 0.481 e. The Bertz CT molecular complexity index is 291. The van der Waals surface area contributed by atoms with Crippen molar-refractivity contribution in [2.75, 3.05) is 0 Å². The van der Waals surface area contributed by atoms with Crippen LogP contribution in [-0.4, -0.2) is 33.1 Å². The summed E-state index contributed by atoms with van der Waals surface area (Å²) in [6.45, 7) is 0. The second kappa shape index (κ2) is 9.38. The number of rotatable bonds is 11. The molecule has 0 heterocycles. The van der Waals surface area contributed by atoms with E-state index in [0.717, 1.165) is 12.8 Å². The molecule has 1 unspecified atom stereocenters. The predicted molar refractivity (Wildman–Crippen MR) is 63.0 cm³/mol. The Hall–Kier alpha value is -1.66. The van der Waals surface area contributed by atoms with Crippen LogP contribution in [0.1, 0.15) is 51.4 Å². The second-order valence-corrected chi connectivity index (χ2v) is 4.22. The van der Waals surface area contributed by atoms with E-state index in [2.05, 4.69) is 0 Å². The molecule has 0 bridgehead atoms. The van der Waals surface area contributed by atoms with Gasteiger partial charge in [-0.15, -0.1) is 0 Å². The van der Waals surface area contributed by atoms with Crippen molar-refractivity contribution in [3.63, 3.8) is 0 Å². The van der Waals surface area contributed by atoms with Crippen molar-refractivity contribution in [3.05, 3.63) is 10.1 Å². The van der Waals surface area contributed by atoms with E-state index in [1.165, 1.54) is 0 Å². The van der Waals surface area contributed by atoms with Gasteiger partial charge in [-0.1, -0.05) is 12.8 Å². The van der Waals surface area contributed by atoms with Gasteiger partial charge < -0.3 is 10.2 Å². The zero-order valence-corrected chi connectivity index (χ0v) is 10.2. The van der Waals surface area contributed by atoms with Gasteiger partial charge in [0.25, 0.3) is 0 Å². The highest BCUT2D eigenvalue weighted by molar-refractivity contribution is 5.66. The van der Waals surface area contributed by atoms with Gasteiger partial charge in [-0.3, -0.25) is 19.7 Å². The highest BCUT2D eigenvalue weighted by Crippen LogP contribution is 2.13. The molecule has 7 nitrogen and oxygen atoms in total. The molecule has 0 rings (SSSR count). The van der Waals surface area contributed by atoms with Gasteiger partial charge in [0.15, 0.2) is 0 Å². The third kappa shape index (κ3) is 9.56. The Kier molecular flexibility index (Phi) is 8.51. The molecule has 0 radical (unpaired) electrons. The van der Waals surface area contributed by atoms with Crippen LogP contribution >= 0.6 is 0 Å². The van der Waals surface area contributed by atoms with Crippen LogP contribution in [0.4, 0.5) is 0 Å². The summed E-state index contributed by atoms with van der Waals surface area (Å²) in [5.74, 6) is -1.86. The van der Waals surface area contributed by atoms with E-state index in [1.54, 1.807) is 0 Å². The summed E-state index contributed by atoms with van der Waals surface area (Å²) < 4.78 is 0. The maximum Gasteiger partial charge on any atom is 0.303 e. The molecule has 0 aromatic rings. The smallest absolute Gasteiger partial charge is 0.303 e. The molecule has 18 heavy (non-hydrogen) atoms. The van der Waals surface area contributed by atoms with Crippen LogP contribution < -0.4 is 0 Å². The Morgan fingerprint density at radius 3 is 2.00 bits per heavy atom. The molecule has 0 saturated carbocycles. The van der Waals surface area contributed by atoms with Crippen molar-refractivity contribution in [1.29, 1.82) is 0 Å². The molecule has 0 fully saturated rings. The summed E-state index contributed by atoms with van der Waals surface area (Å²) in [6.07, 6.45) is 3.02. The Morgan fingerprint density at radius 1 is 0.944 bits per heavy atom. The normalized spacial score (nSPS) is 12.0. The molecule has 0 aromatic heterocycles. The Labute approximate surface area is 105 Å². The molecule has 104 valence electrons. The van der Waals surface area contributed by atoms with Crippen molar-refractivity contribution in [1.82, 2.24) is 0 Å². The van der Waals surface area contributed by atoms with Crippen LogP contribution in [0.5, 0.6) is 0 Å². The highest BCUT2D eigenvalue weighted by atomic mass is 16.6. The van der Waals surface area contributed by atoms with Crippen molar-refractivity contribution in [2.45, 2.75) is 57.4 Å². The zero-order valence-electron chi connectivity index (χ0n) is 10.2. The fourth-order valence-electron chi connectivity index (χ4n) is 1.65. The number of nitrogens with zero attached hydrogens (tertiary/aromatic N) is 1. The van der Waals surface area contributed by atoms with Crippen LogP contribution in [-0.2, 0) is 9.59 Å². The number of hydrogen-bond donors (Lipinski definition) is 2. The third-order valence-electron chi connectivity index (χ3n) is 2.67. The van der Waals surface area contributed by atoms with Crippen LogP contribution in [0.25, 0.3) is 0 Å². The summed E-state index contributed by atoms with van der Waals surface area (Å²) in [4.78, 5) is 30.8. The van der Waals surface area contributed by atoms with Crippen LogP contribution in [0.3, 0.4) is 0 Å². The average molecular weight is 261 g/mol. The minimum absolute atomic E-state index is 0.0530. The lowest BCUT2D eigenvalue weighted by Gasteiger charge is -2.07. The molecular weight excluding hydrogens is 242 g/mol. The quantitative estimate of drug-likeness (QED) is 0.333. The van der Waals surface area contributed by atoms with Gasteiger partial charge in [0.05, 0.1) is 6.42 Å². The first kappa shape index (κ1) is 16.3. The van der Waals surface area contributed by atoms with Crippen LogP contribution in [0, 0.1) is 10.1 Å². The lowest BCUT2D eigenvalue weighted by molar-refractivity contribution is -0.524. The number of carboxylic acids is 2. The van der Waals surface area contributed by atoms with Crippen molar-refractivity contribution in [3.8, 4) is 0 Å². The van der Waals surface area contributed by atoms with Gasteiger partial charge >= 0.3 is 11.9 Å². The molecule has 2 N–H and O–H groups in total. The predicted octanol–water partition coefficient (Wildman–Crippen LogP) is 1.92. The lowest BCUT2D eigenvalue weighted by Crippen LogP contribution is -2.20. The van der Waals surface area contributed by atoms with Gasteiger partial charge in [-0.25, -0.2) is 0 Å². The molecule has 0 aliphatic rings. The fraction of sp³-hybridized carbons (Fsp3) is 0.818. The number of unbranched alkanes of at least 4 members (excludes halogenated alkanes) is 3. The molecule has 0 spiro atoms. The number of aliphatic carboxylic acids is 2. The molecule has 0 aliphatic heterocycles. The maximum atomic E-state index is 10.7. The van der Waals surface area contributed by atoms with E-state index in [-0.39, 0.29) is 19.3 Å². The van der Waals surface area contributed by atoms with E-state index in [0.29, 0.717) is 19.3 Å². The van der Waals surface area contributed by atoms with Gasteiger partial charge in [0, 0.05) is 24.2 Å². The first-order valence-corrected chi connectivity index (χ1v) is 6.00. The minimum Gasteiger partial charge on any atom is -0.481 e. The SMILES string of the molecule is O=C(O)CCCCCCC(CCC(=O)O)[N+](=O)[O-]. The molecule has 0 aliphatic carbocycles. The number of carbonyl (C=O) groups is 2. The van der Waals surface area contributed by atoms with E-state index < -0.39 is 22.9 Å². The number of hydrogen-bond acceptors (Lipinski definition) is 4. The summed E-state index contributed by atoms with van der Waals surface area (Å²) in [7, 11) is 0. The van der Waals surface area contributed by atoms with E-state index in [1.807, 2.05) is 0 Å². The monoisotopic (exact) mass is 261 g/mol. The van der Waals surface area contributed by atoms with Gasteiger partial charge in [-0.2, -0.15) is 0 Å². The van der Waals surface area contributed by atoms with Crippen molar-refractivity contribution in [2.24, 2.45) is 0 Å². The van der Waals surface area contributed by atoms with Gasteiger partial charge in [-0.05, 0) is 12.8 Å². The summed E-state index contributed by atoms with van der Waals surface area (Å²) in [5.41, 5.74) is 0. The first-order valence-electron chi connectivity index (χ1n) is 6.00. The van der Waals surface area contributed by atoms with Crippen molar-refractivity contribution < 1.29 is 24.7 Å². The Morgan fingerprint density at radius 2 is 1.50 bits per heavy atom. The topological polar surface area (TPSA) is 118 Å². The molecular formula is C11H19NO6. The number of nitro groups is 1. The number of carboxylic acid groups (broad SMARTS) is 2. The fourth-order valence-corrected chi connectivity index (χ4v) is 1.65. The molecule has 0 aromatic carbocycles. The molecule has 0 saturated heterocycles. The lowest BCUT2D eigenvalue weighted by atomic mass is 10.0. The zero-order chi connectivity index (χ0) is 14.0. The van der Waals surface area contributed by atoms with Crippen LogP contribution in [0.15, 0.2) is 0 Å². The minimum atomic E-state index is -1.02. The highest BCUT2D eigenvalue weighted by Gasteiger charge is 2.20. The molecule has 7 heteroatoms. The standard InChI is InChI=1S/C11H19NO6/c13-10(14)6-4-2-1-3-5-9(12(17)18)7-8-11(15)16/h9H,1-8H2,(H,13,14)(H,15,16). The first-order chi connectivity index (χ1) is 8.43. The van der Waals surface area contributed by atoms with Crippen molar-refractivity contribution >= 4 is 11.9 Å². The van der Waals surface area contributed by atoms with Gasteiger partial charge in [0.2, 0.25) is 6.04 Å².